The highest BCUT2D eigenvalue weighted by atomic mass is 16.5. The van der Waals surface area contributed by atoms with E-state index in [4.69, 9.17) is 14.9 Å². The zero-order chi connectivity index (χ0) is 20.1. The number of hydrogen-bond acceptors (Lipinski definition) is 6. The second-order valence-corrected chi connectivity index (χ2v) is 7.62. The number of nitrogens with two attached hydrogens (primary N) is 1. The summed E-state index contributed by atoms with van der Waals surface area (Å²) in [5, 5.41) is 0.844. The van der Waals surface area contributed by atoms with Crippen molar-refractivity contribution in [3.63, 3.8) is 0 Å². The molecule has 1 aliphatic rings. The molecule has 0 bridgehead atoms. The lowest BCUT2D eigenvalue weighted by molar-refractivity contribution is 0.172. The van der Waals surface area contributed by atoms with Gasteiger partial charge in [0.05, 0.1) is 6.61 Å². The van der Waals surface area contributed by atoms with Crippen LogP contribution in [0.1, 0.15) is 19.3 Å². The summed E-state index contributed by atoms with van der Waals surface area (Å²) in [6, 6.07) is 11.4. The number of ether oxygens (including phenoxy) is 1. The van der Waals surface area contributed by atoms with Crippen molar-refractivity contribution in [2.75, 3.05) is 32.8 Å². The van der Waals surface area contributed by atoms with Crippen LogP contribution >= 0.6 is 0 Å². The van der Waals surface area contributed by atoms with Crippen molar-refractivity contribution in [2.45, 2.75) is 19.3 Å². The van der Waals surface area contributed by atoms with Crippen LogP contribution < -0.4 is 16.1 Å². The van der Waals surface area contributed by atoms with Gasteiger partial charge in [-0.25, -0.2) is 4.79 Å². The molecule has 0 unspecified atom stereocenters. The van der Waals surface area contributed by atoms with E-state index in [0.29, 0.717) is 18.1 Å². The Bertz CT molecular complexity index is 995. The number of aromatic nitrogens is 1. The molecule has 3 heterocycles. The van der Waals surface area contributed by atoms with E-state index in [-0.39, 0.29) is 5.75 Å². The van der Waals surface area contributed by atoms with Crippen LogP contribution in [0, 0.1) is 5.92 Å². The maximum atomic E-state index is 12.3. The predicted octanol–water partition coefficient (Wildman–Crippen LogP) is 3.29. The van der Waals surface area contributed by atoms with Crippen LogP contribution in [0.2, 0.25) is 0 Å². The van der Waals surface area contributed by atoms with Gasteiger partial charge in [0.25, 0.3) is 0 Å². The minimum atomic E-state index is -0.440. The first-order chi connectivity index (χ1) is 14.2. The van der Waals surface area contributed by atoms with Crippen molar-refractivity contribution in [3.8, 4) is 16.9 Å². The Morgan fingerprint density at radius 3 is 2.79 bits per heavy atom. The third-order valence-corrected chi connectivity index (χ3v) is 5.62. The summed E-state index contributed by atoms with van der Waals surface area (Å²) >= 11 is 0. The molecule has 0 saturated carbocycles. The molecule has 1 fully saturated rings. The molecule has 0 radical (unpaired) electrons. The van der Waals surface area contributed by atoms with Crippen molar-refractivity contribution in [3.05, 3.63) is 59.2 Å². The Morgan fingerprint density at radius 2 is 2.03 bits per heavy atom. The number of piperidine rings is 1. The first-order valence-corrected chi connectivity index (χ1v) is 10.3. The fourth-order valence-corrected chi connectivity index (χ4v) is 3.82. The van der Waals surface area contributed by atoms with Gasteiger partial charge < -0.3 is 19.8 Å². The third kappa shape index (κ3) is 4.83. The van der Waals surface area contributed by atoms with E-state index in [2.05, 4.69) is 9.88 Å². The molecule has 1 saturated heterocycles. The Kier molecular flexibility index (Phi) is 6.22. The number of nitrogens with zero attached hydrogens (tertiary/aromatic N) is 2. The van der Waals surface area contributed by atoms with Gasteiger partial charge >= 0.3 is 5.63 Å². The minimum Gasteiger partial charge on any atom is -0.486 e. The summed E-state index contributed by atoms with van der Waals surface area (Å²) in [5.74, 6) is 0.942. The van der Waals surface area contributed by atoms with Gasteiger partial charge in [0.2, 0.25) is 5.75 Å². The van der Waals surface area contributed by atoms with Crippen LogP contribution in [-0.2, 0) is 0 Å². The van der Waals surface area contributed by atoms with Crippen molar-refractivity contribution in [1.29, 1.82) is 0 Å². The normalized spacial score (nSPS) is 15.6. The molecule has 0 amide bonds. The Hall–Kier alpha value is -2.70. The molecule has 2 N–H and O–H groups in total. The highest BCUT2D eigenvalue weighted by Gasteiger charge is 2.17. The molecule has 1 aliphatic heterocycles. The first-order valence-electron chi connectivity index (χ1n) is 10.3. The monoisotopic (exact) mass is 393 g/mol. The lowest BCUT2D eigenvalue weighted by atomic mass is 9.97. The fourth-order valence-electron chi connectivity index (χ4n) is 3.82. The summed E-state index contributed by atoms with van der Waals surface area (Å²) in [6.07, 6.45) is 6.75. The summed E-state index contributed by atoms with van der Waals surface area (Å²) in [4.78, 5) is 18.9. The molecule has 3 aromatic rings. The minimum absolute atomic E-state index is 0.272. The summed E-state index contributed by atoms with van der Waals surface area (Å²) in [5.41, 5.74) is 7.79. The summed E-state index contributed by atoms with van der Waals surface area (Å²) in [7, 11) is 0. The molecule has 152 valence electrons. The molecule has 0 spiro atoms. The largest absolute Gasteiger partial charge is 0.486 e. The Labute approximate surface area is 170 Å². The Balaban J connectivity index is 1.36. The van der Waals surface area contributed by atoms with E-state index in [1.54, 1.807) is 18.5 Å². The van der Waals surface area contributed by atoms with Crippen LogP contribution in [0.25, 0.3) is 22.1 Å². The van der Waals surface area contributed by atoms with Gasteiger partial charge in [0.1, 0.15) is 5.58 Å². The molecular formula is C23H27N3O3. The average Bonchev–Trinajstić information content (AvgIpc) is 2.77. The lowest BCUT2D eigenvalue weighted by Gasteiger charge is -2.31. The zero-order valence-corrected chi connectivity index (χ0v) is 16.5. The van der Waals surface area contributed by atoms with Crippen molar-refractivity contribution < 1.29 is 9.15 Å². The number of rotatable bonds is 7. The molecule has 0 atom stereocenters. The second kappa shape index (κ2) is 9.20. The maximum Gasteiger partial charge on any atom is 0.379 e. The van der Waals surface area contributed by atoms with E-state index in [0.717, 1.165) is 49.1 Å². The predicted molar refractivity (Wildman–Crippen MR) is 114 cm³/mol. The molecule has 2 aromatic heterocycles. The molecule has 1 aromatic carbocycles. The van der Waals surface area contributed by atoms with E-state index in [1.165, 1.54) is 12.8 Å². The zero-order valence-electron chi connectivity index (χ0n) is 16.5. The number of pyridine rings is 1. The Morgan fingerprint density at radius 1 is 1.17 bits per heavy atom. The number of hydrogen-bond donors (Lipinski definition) is 1. The molecule has 4 rings (SSSR count). The highest BCUT2D eigenvalue weighted by molar-refractivity contribution is 5.83. The van der Waals surface area contributed by atoms with Gasteiger partial charge in [-0.3, -0.25) is 4.98 Å². The summed E-state index contributed by atoms with van der Waals surface area (Å²) < 4.78 is 11.2. The van der Waals surface area contributed by atoms with Crippen LogP contribution in [0.4, 0.5) is 0 Å². The maximum absolute atomic E-state index is 12.3. The van der Waals surface area contributed by atoms with Crippen molar-refractivity contribution in [1.82, 2.24) is 9.88 Å². The van der Waals surface area contributed by atoms with E-state index >= 15 is 0 Å². The number of fused-ring (bicyclic) bond motifs is 1. The molecular weight excluding hydrogens is 366 g/mol. The van der Waals surface area contributed by atoms with Gasteiger partial charge in [-0.2, -0.15) is 0 Å². The van der Waals surface area contributed by atoms with E-state index in [9.17, 15) is 4.79 Å². The summed E-state index contributed by atoms with van der Waals surface area (Å²) in [6.45, 7) is 4.46. The topological polar surface area (TPSA) is 81.6 Å². The molecule has 6 heteroatoms. The standard InChI is InChI=1S/C23H27N3O3/c24-15-17-6-10-26(11-7-17)9-2-12-28-22-14-19-5-4-18(13-21(19)29-23(22)27)20-3-1-8-25-16-20/h1,3-5,8,13-14,16-17H,2,6-7,9-12,15,24H2. The average molecular weight is 393 g/mol. The van der Waals surface area contributed by atoms with Crippen LogP contribution in [0.3, 0.4) is 0 Å². The van der Waals surface area contributed by atoms with Gasteiger partial charge in [0.15, 0.2) is 0 Å². The van der Waals surface area contributed by atoms with Gasteiger partial charge in [-0.15, -0.1) is 0 Å². The van der Waals surface area contributed by atoms with Crippen LogP contribution in [0.15, 0.2) is 58.0 Å². The third-order valence-electron chi connectivity index (χ3n) is 5.62. The quantitative estimate of drug-likeness (QED) is 0.490. The smallest absolute Gasteiger partial charge is 0.379 e. The first kappa shape index (κ1) is 19.6. The number of benzene rings is 1. The molecule has 0 aliphatic carbocycles. The number of likely N-dealkylation sites (tertiary alicyclic amines) is 1. The highest BCUT2D eigenvalue weighted by Crippen LogP contribution is 2.25. The van der Waals surface area contributed by atoms with Gasteiger partial charge in [0, 0.05) is 29.9 Å². The van der Waals surface area contributed by atoms with Crippen molar-refractivity contribution >= 4 is 11.0 Å². The van der Waals surface area contributed by atoms with Crippen molar-refractivity contribution in [2.24, 2.45) is 11.7 Å². The SMILES string of the molecule is NCC1CCN(CCCOc2cc3ccc(-c4cccnc4)cc3oc2=O)CC1. The van der Waals surface area contributed by atoms with Gasteiger partial charge in [-0.1, -0.05) is 18.2 Å². The van der Waals surface area contributed by atoms with Crippen LogP contribution in [0.5, 0.6) is 5.75 Å². The van der Waals surface area contributed by atoms with E-state index in [1.807, 2.05) is 30.3 Å². The fraction of sp³-hybridized carbons (Fsp3) is 0.391. The second-order valence-electron chi connectivity index (χ2n) is 7.62. The molecule has 6 nitrogen and oxygen atoms in total. The molecule has 29 heavy (non-hydrogen) atoms. The van der Waals surface area contributed by atoms with Crippen LogP contribution in [-0.4, -0.2) is 42.7 Å². The van der Waals surface area contributed by atoms with E-state index < -0.39 is 5.63 Å². The van der Waals surface area contributed by atoms with Gasteiger partial charge in [-0.05, 0) is 68.6 Å². The lowest BCUT2D eigenvalue weighted by Crippen LogP contribution is -2.37.